The second kappa shape index (κ2) is 8.78. The molecule has 1 aromatic carbocycles. The first kappa shape index (κ1) is 20.4. The number of benzene rings is 1. The summed E-state index contributed by atoms with van der Waals surface area (Å²) in [5.41, 5.74) is 1.29. The highest BCUT2D eigenvalue weighted by Gasteiger charge is 2.30. The van der Waals surface area contributed by atoms with Gasteiger partial charge in [0.05, 0.1) is 6.04 Å². The fraction of sp³-hybridized carbons (Fsp3) is 0.545. The summed E-state index contributed by atoms with van der Waals surface area (Å²) in [7, 11) is 1.99. The molecule has 1 aliphatic heterocycles. The van der Waals surface area contributed by atoms with Crippen molar-refractivity contribution in [1.29, 1.82) is 0 Å². The van der Waals surface area contributed by atoms with Crippen molar-refractivity contribution in [1.82, 2.24) is 24.7 Å². The SMILES string of the molecule is CCC(C)(C)N1CCN(C(=O)NC(Cc2nccn2C)c2ccccc2)CC1. The summed E-state index contributed by atoms with van der Waals surface area (Å²) >= 11 is 0. The van der Waals surface area contributed by atoms with Gasteiger partial charge in [-0.15, -0.1) is 0 Å². The Hall–Kier alpha value is -2.34. The lowest BCUT2D eigenvalue weighted by atomic mass is 9.98. The molecule has 1 saturated heterocycles. The highest BCUT2D eigenvalue weighted by atomic mass is 16.2. The topological polar surface area (TPSA) is 53.4 Å². The van der Waals surface area contributed by atoms with Gasteiger partial charge in [0.2, 0.25) is 0 Å². The maximum atomic E-state index is 13.0. The van der Waals surface area contributed by atoms with Gasteiger partial charge in [0.25, 0.3) is 0 Å². The molecule has 6 heteroatoms. The predicted molar refractivity (Wildman–Crippen MR) is 112 cm³/mol. The summed E-state index contributed by atoms with van der Waals surface area (Å²) in [5, 5.41) is 3.25. The first-order valence-corrected chi connectivity index (χ1v) is 10.2. The fourth-order valence-electron chi connectivity index (χ4n) is 3.69. The lowest BCUT2D eigenvalue weighted by Gasteiger charge is -2.44. The minimum atomic E-state index is -0.0973. The Balaban J connectivity index is 1.66. The zero-order valence-corrected chi connectivity index (χ0v) is 17.6. The minimum Gasteiger partial charge on any atom is -0.338 e. The van der Waals surface area contributed by atoms with Crippen molar-refractivity contribution in [2.45, 2.75) is 45.2 Å². The number of carbonyl (C=O) groups excluding carboxylic acids is 1. The van der Waals surface area contributed by atoms with Gasteiger partial charge in [0.1, 0.15) is 5.82 Å². The van der Waals surface area contributed by atoms with Crippen LogP contribution in [0.4, 0.5) is 4.79 Å². The van der Waals surface area contributed by atoms with Gasteiger partial charge in [-0.25, -0.2) is 9.78 Å². The van der Waals surface area contributed by atoms with Crippen LogP contribution in [0.3, 0.4) is 0 Å². The van der Waals surface area contributed by atoms with Crippen molar-refractivity contribution in [3.63, 3.8) is 0 Å². The van der Waals surface area contributed by atoms with Crippen LogP contribution in [-0.2, 0) is 13.5 Å². The Kier molecular flexibility index (Phi) is 6.39. The average molecular weight is 384 g/mol. The highest BCUT2D eigenvalue weighted by Crippen LogP contribution is 2.21. The van der Waals surface area contributed by atoms with Crippen LogP contribution < -0.4 is 5.32 Å². The maximum Gasteiger partial charge on any atom is 0.317 e. The summed E-state index contributed by atoms with van der Waals surface area (Å²) in [6, 6.07) is 10.1. The molecule has 0 spiro atoms. The predicted octanol–water partition coefficient (Wildman–Crippen LogP) is 3.22. The number of aryl methyl sites for hydroxylation is 1. The van der Waals surface area contributed by atoms with Gasteiger partial charge >= 0.3 is 6.03 Å². The summed E-state index contributed by atoms with van der Waals surface area (Å²) in [4.78, 5) is 21.9. The van der Waals surface area contributed by atoms with E-state index in [-0.39, 0.29) is 17.6 Å². The van der Waals surface area contributed by atoms with Gasteiger partial charge < -0.3 is 14.8 Å². The first-order valence-electron chi connectivity index (χ1n) is 10.2. The number of aromatic nitrogens is 2. The van der Waals surface area contributed by atoms with E-state index in [9.17, 15) is 4.79 Å². The molecule has 0 bridgehead atoms. The highest BCUT2D eigenvalue weighted by molar-refractivity contribution is 5.75. The Morgan fingerprint density at radius 2 is 1.86 bits per heavy atom. The van der Waals surface area contributed by atoms with Crippen LogP contribution in [0, 0.1) is 0 Å². The molecule has 3 rings (SSSR count). The number of nitrogens with zero attached hydrogens (tertiary/aromatic N) is 4. The molecule has 2 aromatic rings. The average Bonchev–Trinajstić information content (AvgIpc) is 3.12. The smallest absolute Gasteiger partial charge is 0.317 e. The van der Waals surface area contributed by atoms with Crippen molar-refractivity contribution >= 4 is 6.03 Å². The molecule has 0 radical (unpaired) electrons. The lowest BCUT2D eigenvalue weighted by Crippen LogP contribution is -2.57. The van der Waals surface area contributed by atoms with Gasteiger partial charge in [-0.2, -0.15) is 0 Å². The van der Waals surface area contributed by atoms with E-state index in [1.54, 1.807) is 6.20 Å². The zero-order chi connectivity index (χ0) is 20.1. The Bertz CT molecular complexity index is 762. The monoisotopic (exact) mass is 383 g/mol. The third kappa shape index (κ3) is 4.73. The van der Waals surface area contributed by atoms with Gasteiger partial charge in [0.15, 0.2) is 0 Å². The summed E-state index contributed by atoms with van der Waals surface area (Å²) in [5.74, 6) is 0.962. The Morgan fingerprint density at radius 1 is 1.18 bits per heavy atom. The third-order valence-corrected chi connectivity index (χ3v) is 6.10. The van der Waals surface area contributed by atoms with Gasteiger partial charge in [-0.05, 0) is 25.8 Å². The lowest BCUT2D eigenvalue weighted by molar-refractivity contribution is 0.0608. The van der Waals surface area contributed by atoms with E-state index in [1.165, 1.54) is 0 Å². The molecule has 1 N–H and O–H groups in total. The second-order valence-corrected chi connectivity index (χ2v) is 8.21. The van der Waals surface area contributed by atoms with Crippen molar-refractivity contribution in [3.8, 4) is 0 Å². The van der Waals surface area contributed by atoms with Crippen LogP contribution >= 0.6 is 0 Å². The first-order chi connectivity index (χ1) is 13.4. The van der Waals surface area contributed by atoms with E-state index in [1.807, 2.05) is 40.9 Å². The van der Waals surface area contributed by atoms with E-state index in [0.717, 1.165) is 44.0 Å². The number of urea groups is 1. The largest absolute Gasteiger partial charge is 0.338 e. The number of hydrogen-bond donors (Lipinski definition) is 1. The van der Waals surface area contributed by atoms with Gasteiger partial charge in [-0.1, -0.05) is 37.3 Å². The van der Waals surface area contributed by atoms with E-state index in [2.05, 4.69) is 48.1 Å². The normalized spacial score (nSPS) is 16.8. The maximum absolute atomic E-state index is 13.0. The molecule has 152 valence electrons. The second-order valence-electron chi connectivity index (χ2n) is 8.21. The fourth-order valence-corrected chi connectivity index (χ4v) is 3.69. The van der Waals surface area contributed by atoms with E-state index in [0.29, 0.717) is 6.42 Å². The molecule has 0 saturated carbocycles. The van der Waals surface area contributed by atoms with Crippen LogP contribution in [-0.4, -0.2) is 57.1 Å². The number of piperazine rings is 1. The van der Waals surface area contributed by atoms with Crippen LogP contribution in [0.1, 0.15) is 44.6 Å². The molecule has 1 aliphatic rings. The van der Waals surface area contributed by atoms with Crippen molar-refractivity contribution in [2.75, 3.05) is 26.2 Å². The van der Waals surface area contributed by atoms with E-state index < -0.39 is 0 Å². The summed E-state index contributed by atoms with van der Waals surface area (Å²) in [6.45, 7) is 10.1. The van der Waals surface area contributed by atoms with E-state index >= 15 is 0 Å². The van der Waals surface area contributed by atoms with Crippen LogP contribution in [0.25, 0.3) is 0 Å². The molecule has 1 unspecified atom stereocenters. The molecule has 2 amide bonds. The zero-order valence-electron chi connectivity index (χ0n) is 17.6. The quantitative estimate of drug-likeness (QED) is 0.833. The number of carbonyl (C=O) groups is 1. The summed E-state index contributed by atoms with van der Waals surface area (Å²) in [6.07, 6.45) is 5.52. The molecule has 0 aliphatic carbocycles. The molecule has 6 nitrogen and oxygen atoms in total. The standard InChI is InChI=1S/C22H33N5O/c1-5-22(2,3)27-15-13-26(14-16-27)21(28)24-19(18-9-7-6-8-10-18)17-20-23-11-12-25(20)4/h6-12,19H,5,13-17H2,1-4H3,(H,24,28). The number of rotatable bonds is 6. The Labute approximate surface area is 168 Å². The van der Waals surface area contributed by atoms with E-state index in [4.69, 9.17) is 0 Å². The number of imidazole rings is 1. The van der Waals surface area contributed by atoms with Crippen molar-refractivity contribution < 1.29 is 4.79 Å². The van der Waals surface area contributed by atoms with Crippen molar-refractivity contribution in [2.24, 2.45) is 7.05 Å². The molecule has 28 heavy (non-hydrogen) atoms. The number of hydrogen-bond acceptors (Lipinski definition) is 3. The molecule has 1 fully saturated rings. The van der Waals surface area contributed by atoms with Crippen LogP contribution in [0.15, 0.2) is 42.7 Å². The summed E-state index contributed by atoms with van der Waals surface area (Å²) < 4.78 is 2.01. The third-order valence-electron chi connectivity index (χ3n) is 6.10. The van der Waals surface area contributed by atoms with Gasteiger partial charge in [0, 0.05) is 57.6 Å². The van der Waals surface area contributed by atoms with Crippen molar-refractivity contribution in [3.05, 3.63) is 54.1 Å². The number of nitrogens with one attached hydrogen (secondary N) is 1. The van der Waals surface area contributed by atoms with Crippen LogP contribution in [0.2, 0.25) is 0 Å². The molecule has 1 atom stereocenters. The number of amides is 2. The van der Waals surface area contributed by atoms with Gasteiger partial charge in [-0.3, -0.25) is 4.90 Å². The van der Waals surface area contributed by atoms with Crippen LogP contribution in [0.5, 0.6) is 0 Å². The Morgan fingerprint density at radius 3 is 2.43 bits per heavy atom. The molecule has 1 aromatic heterocycles. The molecular formula is C22H33N5O. The minimum absolute atomic E-state index is 0.0111. The molecular weight excluding hydrogens is 350 g/mol. The molecule has 2 heterocycles.